The van der Waals surface area contributed by atoms with Crippen molar-refractivity contribution in [1.82, 2.24) is 5.43 Å². The molecule has 2 aromatic carbocycles. The Balaban J connectivity index is 1.66. The standard InChI is InChI=1S/C18H17BrClN3O2/c19-14-7-9-16(10-8-14)22-17(24)5-2-6-18(25)23-21-12-13-3-1-4-15(20)11-13/h1,3-4,7-12H,2,5-6H2,(H,22,24)(H,23,25)/b21-12-. The highest BCUT2D eigenvalue weighted by Gasteiger charge is 2.05. The lowest BCUT2D eigenvalue weighted by Gasteiger charge is -2.05. The molecular weight excluding hydrogens is 406 g/mol. The van der Waals surface area contributed by atoms with Crippen LogP contribution in [0.2, 0.25) is 5.02 Å². The quantitative estimate of drug-likeness (QED) is 0.514. The van der Waals surface area contributed by atoms with Gasteiger partial charge in [0.05, 0.1) is 6.21 Å². The Labute approximate surface area is 159 Å². The van der Waals surface area contributed by atoms with Crippen LogP contribution in [0.15, 0.2) is 58.1 Å². The lowest BCUT2D eigenvalue weighted by molar-refractivity contribution is -0.121. The summed E-state index contributed by atoms with van der Waals surface area (Å²) < 4.78 is 0.945. The van der Waals surface area contributed by atoms with Crippen molar-refractivity contribution in [3.8, 4) is 0 Å². The first-order chi connectivity index (χ1) is 12.0. The minimum atomic E-state index is -0.241. The highest BCUT2D eigenvalue weighted by atomic mass is 79.9. The molecule has 0 saturated heterocycles. The summed E-state index contributed by atoms with van der Waals surface area (Å²) in [6, 6.07) is 14.4. The minimum Gasteiger partial charge on any atom is -0.326 e. The van der Waals surface area contributed by atoms with Gasteiger partial charge < -0.3 is 5.32 Å². The van der Waals surface area contributed by atoms with E-state index in [0.29, 0.717) is 11.4 Å². The van der Waals surface area contributed by atoms with Crippen LogP contribution >= 0.6 is 27.5 Å². The van der Waals surface area contributed by atoms with Gasteiger partial charge in [0.2, 0.25) is 11.8 Å². The Morgan fingerprint density at radius 3 is 2.52 bits per heavy atom. The van der Waals surface area contributed by atoms with Crippen LogP contribution in [0.1, 0.15) is 24.8 Å². The van der Waals surface area contributed by atoms with Gasteiger partial charge in [-0.15, -0.1) is 0 Å². The van der Waals surface area contributed by atoms with Gasteiger partial charge in [0.15, 0.2) is 0 Å². The van der Waals surface area contributed by atoms with E-state index in [0.717, 1.165) is 15.7 Å². The van der Waals surface area contributed by atoms with Crippen LogP contribution in [0.25, 0.3) is 0 Å². The third-order valence-corrected chi connectivity index (χ3v) is 3.95. The van der Waals surface area contributed by atoms with Crippen molar-refractivity contribution < 1.29 is 9.59 Å². The van der Waals surface area contributed by atoms with Gasteiger partial charge in [-0.25, -0.2) is 5.43 Å². The van der Waals surface area contributed by atoms with Gasteiger partial charge in [-0.05, 0) is 48.4 Å². The molecule has 0 unspecified atom stereocenters. The van der Waals surface area contributed by atoms with E-state index >= 15 is 0 Å². The van der Waals surface area contributed by atoms with Gasteiger partial charge in [-0.1, -0.05) is 39.7 Å². The van der Waals surface area contributed by atoms with Crippen molar-refractivity contribution in [3.05, 3.63) is 63.6 Å². The number of carbonyl (C=O) groups is 2. The molecular formula is C18H17BrClN3O2. The molecule has 0 fully saturated rings. The number of nitrogens with zero attached hydrogens (tertiary/aromatic N) is 1. The average molecular weight is 423 g/mol. The largest absolute Gasteiger partial charge is 0.326 e. The fourth-order valence-electron chi connectivity index (χ4n) is 1.99. The number of hydrogen-bond acceptors (Lipinski definition) is 3. The zero-order valence-electron chi connectivity index (χ0n) is 13.3. The van der Waals surface area contributed by atoms with E-state index in [4.69, 9.17) is 11.6 Å². The topological polar surface area (TPSA) is 70.6 Å². The normalized spacial score (nSPS) is 10.6. The first-order valence-electron chi connectivity index (χ1n) is 7.66. The van der Waals surface area contributed by atoms with Crippen molar-refractivity contribution >= 4 is 51.2 Å². The molecule has 0 atom stereocenters. The first kappa shape index (κ1) is 19.1. The van der Waals surface area contributed by atoms with Crippen molar-refractivity contribution in [1.29, 1.82) is 0 Å². The van der Waals surface area contributed by atoms with Crippen molar-refractivity contribution in [2.24, 2.45) is 5.10 Å². The zero-order chi connectivity index (χ0) is 18.1. The molecule has 25 heavy (non-hydrogen) atoms. The molecule has 0 aliphatic carbocycles. The van der Waals surface area contributed by atoms with Crippen molar-refractivity contribution in [2.75, 3.05) is 5.32 Å². The summed E-state index contributed by atoms with van der Waals surface area (Å²) >= 11 is 9.19. The molecule has 2 amide bonds. The second-order valence-corrected chi connectivity index (χ2v) is 6.61. The van der Waals surface area contributed by atoms with Crippen LogP contribution < -0.4 is 10.7 Å². The number of halogens is 2. The van der Waals surface area contributed by atoms with Crippen LogP contribution in [0, 0.1) is 0 Å². The molecule has 0 saturated carbocycles. The van der Waals surface area contributed by atoms with Gasteiger partial charge in [0.1, 0.15) is 0 Å². The summed E-state index contributed by atoms with van der Waals surface area (Å²) in [7, 11) is 0. The summed E-state index contributed by atoms with van der Waals surface area (Å²) in [5, 5.41) is 7.25. The van der Waals surface area contributed by atoms with Crippen LogP contribution in [-0.2, 0) is 9.59 Å². The zero-order valence-corrected chi connectivity index (χ0v) is 15.7. The molecule has 5 nitrogen and oxygen atoms in total. The van der Waals surface area contributed by atoms with Gasteiger partial charge in [-0.2, -0.15) is 5.10 Å². The fraction of sp³-hybridized carbons (Fsp3) is 0.167. The van der Waals surface area contributed by atoms with E-state index < -0.39 is 0 Å². The van der Waals surface area contributed by atoms with Crippen LogP contribution in [0.5, 0.6) is 0 Å². The van der Waals surface area contributed by atoms with E-state index in [1.165, 1.54) is 6.21 Å². The van der Waals surface area contributed by atoms with Gasteiger partial charge >= 0.3 is 0 Å². The molecule has 0 aliphatic rings. The smallest absolute Gasteiger partial charge is 0.240 e. The third-order valence-electron chi connectivity index (χ3n) is 3.19. The Kier molecular flexibility index (Phi) is 7.63. The first-order valence-corrected chi connectivity index (χ1v) is 8.83. The second-order valence-electron chi connectivity index (χ2n) is 5.26. The molecule has 130 valence electrons. The third kappa shape index (κ3) is 7.49. The summed E-state index contributed by atoms with van der Waals surface area (Å²) in [5.74, 6) is -0.368. The molecule has 2 N–H and O–H groups in total. The monoisotopic (exact) mass is 421 g/mol. The summed E-state index contributed by atoms with van der Waals surface area (Å²) in [5.41, 5.74) is 3.95. The minimum absolute atomic E-state index is 0.127. The molecule has 0 spiro atoms. The maximum Gasteiger partial charge on any atom is 0.240 e. The van der Waals surface area contributed by atoms with Crippen LogP contribution in [0.3, 0.4) is 0 Å². The van der Waals surface area contributed by atoms with Crippen LogP contribution in [-0.4, -0.2) is 18.0 Å². The number of carbonyl (C=O) groups excluding carboxylic acids is 2. The average Bonchev–Trinajstić information content (AvgIpc) is 2.57. The van der Waals surface area contributed by atoms with E-state index in [1.54, 1.807) is 30.3 Å². The van der Waals surface area contributed by atoms with Crippen LogP contribution in [0.4, 0.5) is 5.69 Å². The Morgan fingerprint density at radius 2 is 1.80 bits per heavy atom. The molecule has 0 bridgehead atoms. The molecule has 0 aromatic heterocycles. The fourth-order valence-corrected chi connectivity index (χ4v) is 2.45. The molecule has 0 aliphatic heterocycles. The number of hydrazone groups is 1. The predicted molar refractivity (Wildman–Crippen MR) is 104 cm³/mol. The highest BCUT2D eigenvalue weighted by Crippen LogP contribution is 2.14. The van der Waals surface area contributed by atoms with Gasteiger partial charge in [0, 0.05) is 28.0 Å². The molecule has 2 rings (SSSR count). The maximum atomic E-state index is 11.8. The summed E-state index contributed by atoms with van der Waals surface area (Å²) in [4.78, 5) is 23.5. The highest BCUT2D eigenvalue weighted by molar-refractivity contribution is 9.10. The number of amides is 2. The van der Waals surface area contributed by atoms with E-state index in [2.05, 4.69) is 31.8 Å². The molecule has 0 radical (unpaired) electrons. The molecule has 2 aromatic rings. The molecule has 0 heterocycles. The summed E-state index contributed by atoms with van der Waals surface area (Å²) in [6.45, 7) is 0. The van der Waals surface area contributed by atoms with E-state index in [1.807, 2.05) is 18.2 Å². The number of hydrogen-bond donors (Lipinski definition) is 2. The van der Waals surface area contributed by atoms with Crippen molar-refractivity contribution in [3.63, 3.8) is 0 Å². The van der Waals surface area contributed by atoms with Crippen molar-refractivity contribution in [2.45, 2.75) is 19.3 Å². The lowest BCUT2D eigenvalue weighted by Crippen LogP contribution is -2.18. The van der Waals surface area contributed by atoms with E-state index in [9.17, 15) is 9.59 Å². The summed E-state index contributed by atoms with van der Waals surface area (Å²) in [6.07, 6.45) is 2.45. The number of nitrogens with one attached hydrogen (secondary N) is 2. The predicted octanol–water partition coefficient (Wildman–Crippen LogP) is 4.36. The Hall–Kier alpha value is -2.18. The number of rotatable bonds is 7. The Morgan fingerprint density at radius 1 is 1.08 bits per heavy atom. The number of anilines is 1. The van der Waals surface area contributed by atoms with Gasteiger partial charge in [0.25, 0.3) is 0 Å². The van der Waals surface area contributed by atoms with Gasteiger partial charge in [-0.3, -0.25) is 9.59 Å². The number of benzene rings is 2. The molecule has 7 heteroatoms. The Bertz CT molecular complexity index is 763. The maximum absolute atomic E-state index is 11.8. The van der Waals surface area contributed by atoms with E-state index in [-0.39, 0.29) is 24.7 Å². The second kappa shape index (κ2) is 9.96. The SMILES string of the molecule is O=C(CCCC(=O)Nc1ccc(Br)cc1)N/N=C\c1cccc(Cl)c1. The lowest BCUT2D eigenvalue weighted by atomic mass is 10.2.